The van der Waals surface area contributed by atoms with Crippen LogP contribution in [0.3, 0.4) is 0 Å². The van der Waals surface area contributed by atoms with Gasteiger partial charge in [0.1, 0.15) is 0 Å². The Kier molecular flexibility index (Phi) is 4.23. The Hall–Kier alpha value is -1.68. The maximum atomic E-state index is 10.0. The fourth-order valence-corrected chi connectivity index (χ4v) is 1.80. The molecule has 0 spiro atoms. The van der Waals surface area contributed by atoms with Crippen molar-refractivity contribution in [3.8, 4) is 0 Å². The minimum Gasteiger partial charge on any atom is -0.392 e. The largest absolute Gasteiger partial charge is 0.392 e. The average Bonchev–Trinajstić information content (AvgIpc) is 2.78. The van der Waals surface area contributed by atoms with E-state index in [1.807, 2.05) is 20.8 Å². The van der Waals surface area contributed by atoms with Crippen molar-refractivity contribution in [1.82, 2.24) is 10.1 Å². The zero-order valence-corrected chi connectivity index (χ0v) is 12.6. The highest BCUT2D eigenvalue weighted by molar-refractivity contribution is 5.23. The zero-order valence-electron chi connectivity index (χ0n) is 12.6. The van der Waals surface area contributed by atoms with Gasteiger partial charge >= 0.3 is 0 Å². The van der Waals surface area contributed by atoms with Gasteiger partial charge in [-0.25, -0.2) is 0 Å². The molecule has 2 aromatic rings. The first-order valence-corrected chi connectivity index (χ1v) is 6.89. The minimum absolute atomic E-state index is 0.189. The normalized spacial score (nSPS) is 13.4. The highest BCUT2D eigenvalue weighted by atomic mass is 16.5. The Balaban J connectivity index is 2.00. The molecule has 4 nitrogen and oxygen atoms in total. The lowest BCUT2D eigenvalue weighted by Crippen LogP contribution is -2.28. The molecule has 1 aromatic carbocycles. The second-order valence-electron chi connectivity index (χ2n) is 6.35. The summed E-state index contributed by atoms with van der Waals surface area (Å²) < 4.78 is 5.21. The van der Waals surface area contributed by atoms with E-state index in [2.05, 4.69) is 41.3 Å². The summed E-state index contributed by atoms with van der Waals surface area (Å²) in [6.07, 6.45) is 0.551. The molecule has 0 amide bonds. The molecule has 1 unspecified atom stereocenters. The fourth-order valence-electron chi connectivity index (χ4n) is 1.80. The molecule has 0 fully saturated rings. The van der Waals surface area contributed by atoms with Crippen molar-refractivity contribution < 1.29 is 9.63 Å². The molecule has 2 rings (SSSR count). The number of rotatable bonds is 4. The summed E-state index contributed by atoms with van der Waals surface area (Å²) in [7, 11) is 0. The Labute approximate surface area is 119 Å². The summed E-state index contributed by atoms with van der Waals surface area (Å²) in [6, 6.07) is 8.27. The highest BCUT2D eigenvalue weighted by Gasteiger charge is 2.24. The molecule has 1 heterocycles. The molecule has 0 bridgehead atoms. The number of aromatic nitrogens is 2. The SMILES string of the molecule is Cc1ccc(Cc2noc(CC(O)C(C)(C)C)n2)cc1. The molecule has 0 aliphatic heterocycles. The van der Waals surface area contributed by atoms with Crippen LogP contribution < -0.4 is 0 Å². The minimum atomic E-state index is -0.491. The van der Waals surface area contributed by atoms with Gasteiger partial charge < -0.3 is 9.63 Å². The number of aryl methyl sites for hydroxylation is 1. The molecule has 0 saturated carbocycles. The number of aliphatic hydroxyl groups is 1. The molecule has 20 heavy (non-hydrogen) atoms. The van der Waals surface area contributed by atoms with Gasteiger partial charge in [-0.3, -0.25) is 0 Å². The molecule has 0 saturated heterocycles. The summed E-state index contributed by atoms with van der Waals surface area (Å²) in [5.74, 6) is 1.15. The Morgan fingerprint density at radius 2 is 1.85 bits per heavy atom. The van der Waals surface area contributed by atoms with Gasteiger partial charge in [0, 0.05) is 6.42 Å². The van der Waals surface area contributed by atoms with Crippen molar-refractivity contribution in [2.45, 2.75) is 46.6 Å². The van der Waals surface area contributed by atoms with Gasteiger partial charge in [-0.05, 0) is 17.9 Å². The number of hydrogen-bond donors (Lipinski definition) is 1. The van der Waals surface area contributed by atoms with Gasteiger partial charge in [0.05, 0.1) is 12.5 Å². The zero-order chi connectivity index (χ0) is 14.8. The van der Waals surface area contributed by atoms with Gasteiger partial charge in [0.2, 0.25) is 5.89 Å². The van der Waals surface area contributed by atoms with Crippen molar-refractivity contribution >= 4 is 0 Å². The first-order valence-electron chi connectivity index (χ1n) is 6.89. The van der Waals surface area contributed by atoms with E-state index in [1.54, 1.807) is 0 Å². The van der Waals surface area contributed by atoms with Crippen molar-refractivity contribution in [1.29, 1.82) is 0 Å². The van der Waals surface area contributed by atoms with Crippen LogP contribution in [0.25, 0.3) is 0 Å². The summed E-state index contributed by atoms with van der Waals surface area (Å²) in [6.45, 7) is 8.02. The fraction of sp³-hybridized carbons (Fsp3) is 0.500. The molecular formula is C16H22N2O2. The summed E-state index contributed by atoms with van der Waals surface area (Å²) in [4.78, 5) is 4.34. The van der Waals surface area contributed by atoms with Crippen LogP contribution in [-0.4, -0.2) is 21.4 Å². The highest BCUT2D eigenvalue weighted by Crippen LogP contribution is 2.22. The van der Waals surface area contributed by atoms with E-state index in [-0.39, 0.29) is 5.41 Å². The predicted molar refractivity (Wildman–Crippen MR) is 77.4 cm³/mol. The lowest BCUT2D eigenvalue weighted by molar-refractivity contribution is 0.0565. The Bertz CT molecular complexity index is 553. The van der Waals surface area contributed by atoms with Crippen LogP contribution in [0.2, 0.25) is 0 Å². The van der Waals surface area contributed by atoms with Gasteiger partial charge in [-0.2, -0.15) is 4.98 Å². The van der Waals surface area contributed by atoms with E-state index in [9.17, 15) is 5.11 Å². The second kappa shape index (κ2) is 5.75. The van der Waals surface area contributed by atoms with E-state index < -0.39 is 6.10 Å². The molecule has 4 heteroatoms. The van der Waals surface area contributed by atoms with Gasteiger partial charge in [-0.15, -0.1) is 0 Å². The quantitative estimate of drug-likeness (QED) is 0.931. The molecule has 0 aliphatic carbocycles. The second-order valence-corrected chi connectivity index (χ2v) is 6.35. The molecule has 0 radical (unpaired) electrons. The number of nitrogens with zero attached hydrogens (tertiary/aromatic N) is 2. The molecule has 1 atom stereocenters. The van der Waals surface area contributed by atoms with Crippen LogP contribution >= 0.6 is 0 Å². The standard InChI is InChI=1S/C16H22N2O2/c1-11-5-7-12(8-6-11)9-14-17-15(20-18-14)10-13(19)16(2,3)4/h5-8,13,19H,9-10H2,1-4H3. The topological polar surface area (TPSA) is 59.2 Å². The van der Waals surface area contributed by atoms with Crippen molar-refractivity contribution in [3.63, 3.8) is 0 Å². The Morgan fingerprint density at radius 1 is 1.20 bits per heavy atom. The first kappa shape index (κ1) is 14.7. The van der Waals surface area contributed by atoms with Crippen molar-refractivity contribution in [3.05, 3.63) is 47.1 Å². The van der Waals surface area contributed by atoms with Gasteiger partial charge in [0.15, 0.2) is 5.82 Å². The van der Waals surface area contributed by atoms with E-state index in [1.165, 1.54) is 5.56 Å². The lowest BCUT2D eigenvalue weighted by atomic mass is 9.87. The summed E-state index contributed by atoms with van der Waals surface area (Å²) >= 11 is 0. The molecule has 1 N–H and O–H groups in total. The summed E-state index contributed by atoms with van der Waals surface area (Å²) in [5.41, 5.74) is 2.20. The average molecular weight is 274 g/mol. The smallest absolute Gasteiger partial charge is 0.229 e. The summed E-state index contributed by atoms with van der Waals surface area (Å²) in [5, 5.41) is 14.0. The van der Waals surface area contributed by atoms with Crippen LogP contribution in [0.5, 0.6) is 0 Å². The third kappa shape index (κ3) is 3.90. The third-order valence-electron chi connectivity index (χ3n) is 3.36. The van der Waals surface area contributed by atoms with Crippen LogP contribution in [0.15, 0.2) is 28.8 Å². The van der Waals surface area contributed by atoms with E-state index >= 15 is 0 Å². The van der Waals surface area contributed by atoms with Crippen LogP contribution in [0.4, 0.5) is 0 Å². The number of hydrogen-bond acceptors (Lipinski definition) is 4. The van der Waals surface area contributed by atoms with E-state index in [0.717, 1.165) is 5.56 Å². The maximum Gasteiger partial charge on any atom is 0.229 e. The molecule has 1 aromatic heterocycles. The number of aliphatic hydroxyl groups excluding tert-OH is 1. The monoisotopic (exact) mass is 274 g/mol. The van der Waals surface area contributed by atoms with Crippen molar-refractivity contribution in [2.24, 2.45) is 5.41 Å². The predicted octanol–water partition coefficient (Wildman–Crippen LogP) is 2.92. The molecule has 0 aliphatic rings. The van der Waals surface area contributed by atoms with Crippen LogP contribution in [0.1, 0.15) is 43.6 Å². The van der Waals surface area contributed by atoms with E-state index in [0.29, 0.717) is 24.6 Å². The van der Waals surface area contributed by atoms with E-state index in [4.69, 9.17) is 4.52 Å². The lowest BCUT2D eigenvalue weighted by Gasteiger charge is -2.24. The molecular weight excluding hydrogens is 252 g/mol. The molecule has 108 valence electrons. The Morgan fingerprint density at radius 3 is 2.45 bits per heavy atom. The first-order chi connectivity index (χ1) is 9.34. The van der Waals surface area contributed by atoms with Crippen LogP contribution in [-0.2, 0) is 12.8 Å². The third-order valence-corrected chi connectivity index (χ3v) is 3.36. The van der Waals surface area contributed by atoms with Crippen LogP contribution in [0, 0.1) is 12.3 Å². The van der Waals surface area contributed by atoms with Gasteiger partial charge in [-0.1, -0.05) is 55.8 Å². The number of benzene rings is 1. The van der Waals surface area contributed by atoms with Crippen molar-refractivity contribution in [2.75, 3.05) is 0 Å². The van der Waals surface area contributed by atoms with Gasteiger partial charge in [0.25, 0.3) is 0 Å². The maximum absolute atomic E-state index is 10.0.